The average Bonchev–Trinajstić information content (AvgIpc) is 2.24. The number of esters is 1. The Morgan fingerprint density at radius 2 is 1.94 bits per heavy atom. The van der Waals surface area contributed by atoms with Gasteiger partial charge >= 0.3 is 5.97 Å². The summed E-state index contributed by atoms with van der Waals surface area (Å²) in [7, 11) is 1.27. The maximum atomic E-state index is 11.9. The van der Waals surface area contributed by atoms with Gasteiger partial charge in [0.05, 0.1) is 13.0 Å². The highest BCUT2D eigenvalue weighted by Crippen LogP contribution is 2.34. The van der Waals surface area contributed by atoms with E-state index >= 15 is 0 Å². The minimum atomic E-state index is -0.766. The van der Waals surface area contributed by atoms with E-state index < -0.39 is 17.8 Å². The van der Waals surface area contributed by atoms with Gasteiger partial charge in [-0.15, -0.1) is 0 Å². The largest absolute Gasteiger partial charge is 0.468 e. The molecule has 3 atom stereocenters. The van der Waals surface area contributed by atoms with Crippen molar-refractivity contribution >= 4 is 17.5 Å². The number of carbonyl (C=O) groups is 3. The van der Waals surface area contributed by atoms with Crippen LogP contribution in [0, 0.1) is 23.7 Å². The van der Waals surface area contributed by atoms with Crippen molar-refractivity contribution in [3.05, 3.63) is 0 Å². The third-order valence-electron chi connectivity index (χ3n) is 3.39. The number of hydrogen-bond donors (Lipinski definition) is 0. The number of carbonyl (C=O) groups excluding carboxylic acids is 3. The molecule has 3 unspecified atom stereocenters. The van der Waals surface area contributed by atoms with Crippen LogP contribution in [-0.2, 0) is 19.1 Å². The zero-order valence-corrected chi connectivity index (χ0v) is 10.1. The molecule has 4 nitrogen and oxygen atoms in total. The standard InChI is InChI=1S/C12H18O4/c1-6(2)8-5-9(13)7(3)11(14)10(8)12(15)16-4/h6-8,10H,5H2,1-4H3. The molecule has 0 aromatic carbocycles. The first-order chi connectivity index (χ1) is 7.40. The van der Waals surface area contributed by atoms with Gasteiger partial charge in [-0.3, -0.25) is 14.4 Å². The van der Waals surface area contributed by atoms with E-state index in [0.29, 0.717) is 6.42 Å². The lowest BCUT2D eigenvalue weighted by atomic mass is 9.68. The van der Waals surface area contributed by atoms with E-state index in [4.69, 9.17) is 0 Å². The van der Waals surface area contributed by atoms with Crippen LogP contribution in [0.1, 0.15) is 27.2 Å². The zero-order chi connectivity index (χ0) is 12.5. The van der Waals surface area contributed by atoms with Gasteiger partial charge in [0.1, 0.15) is 11.7 Å². The highest BCUT2D eigenvalue weighted by atomic mass is 16.5. The lowest BCUT2D eigenvalue weighted by Crippen LogP contribution is -2.45. The monoisotopic (exact) mass is 226 g/mol. The predicted molar refractivity (Wildman–Crippen MR) is 57.6 cm³/mol. The smallest absolute Gasteiger partial charge is 0.316 e. The van der Waals surface area contributed by atoms with Gasteiger partial charge in [-0.2, -0.15) is 0 Å². The van der Waals surface area contributed by atoms with E-state index in [1.165, 1.54) is 7.11 Å². The molecule has 0 saturated heterocycles. The molecule has 0 spiro atoms. The van der Waals surface area contributed by atoms with Crippen LogP contribution < -0.4 is 0 Å². The van der Waals surface area contributed by atoms with Gasteiger partial charge in [-0.05, 0) is 18.8 Å². The van der Waals surface area contributed by atoms with E-state index in [1.807, 2.05) is 13.8 Å². The average molecular weight is 226 g/mol. The van der Waals surface area contributed by atoms with E-state index in [-0.39, 0.29) is 23.4 Å². The molecule has 1 aliphatic carbocycles. The van der Waals surface area contributed by atoms with Crippen molar-refractivity contribution in [2.24, 2.45) is 23.7 Å². The van der Waals surface area contributed by atoms with E-state index in [1.54, 1.807) is 6.92 Å². The summed E-state index contributed by atoms with van der Waals surface area (Å²) in [5, 5.41) is 0. The second-order valence-electron chi connectivity index (χ2n) is 4.70. The summed E-state index contributed by atoms with van der Waals surface area (Å²) in [6.45, 7) is 5.39. The van der Waals surface area contributed by atoms with Gasteiger partial charge in [0, 0.05) is 6.42 Å². The van der Waals surface area contributed by atoms with Crippen LogP contribution in [0.25, 0.3) is 0 Å². The summed E-state index contributed by atoms with van der Waals surface area (Å²) in [6, 6.07) is 0. The van der Waals surface area contributed by atoms with Crippen molar-refractivity contribution in [2.75, 3.05) is 7.11 Å². The number of hydrogen-bond acceptors (Lipinski definition) is 4. The van der Waals surface area contributed by atoms with Gasteiger partial charge in [-0.1, -0.05) is 13.8 Å². The third kappa shape index (κ3) is 2.15. The lowest BCUT2D eigenvalue weighted by molar-refractivity contribution is -0.157. The fourth-order valence-corrected chi connectivity index (χ4v) is 2.20. The topological polar surface area (TPSA) is 60.4 Å². The fourth-order valence-electron chi connectivity index (χ4n) is 2.20. The molecule has 0 aromatic heterocycles. The molecular formula is C12H18O4. The van der Waals surface area contributed by atoms with Crippen molar-refractivity contribution in [1.82, 2.24) is 0 Å². The number of ether oxygens (including phenoxy) is 1. The summed E-state index contributed by atoms with van der Waals surface area (Å²) in [5.41, 5.74) is 0. The first kappa shape index (κ1) is 12.9. The van der Waals surface area contributed by atoms with Crippen molar-refractivity contribution in [3.63, 3.8) is 0 Å². The molecule has 1 rings (SSSR count). The van der Waals surface area contributed by atoms with Gasteiger partial charge < -0.3 is 4.74 Å². The Labute approximate surface area is 95.3 Å². The molecule has 0 radical (unpaired) electrons. The number of methoxy groups -OCH3 is 1. The van der Waals surface area contributed by atoms with Crippen molar-refractivity contribution in [1.29, 1.82) is 0 Å². The van der Waals surface area contributed by atoms with Crippen LogP contribution in [0.4, 0.5) is 0 Å². The molecule has 90 valence electrons. The Kier molecular flexibility index (Phi) is 3.83. The molecule has 0 aliphatic heterocycles. The molecule has 1 fully saturated rings. The highest BCUT2D eigenvalue weighted by molar-refractivity contribution is 6.12. The van der Waals surface area contributed by atoms with Crippen LogP contribution in [0.15, 0.2) is 0 Å². The van der Waals surface area contributed by atoms with Crippen molar-refractivity contribution < 1.29 is 19.1 Å². The molecule has 4 heteroatoms. The van der Waals surface area contributed by atoms with Gasteiger partial charge in [0.15, 0.2) is 5.78 Å². The number of Topliss-reactive ketones (excluding diaryl/α,β-unsaturated/α-hetero) is 2. The van der Waals surface area contributed by atoms with E-state index in [9.17, 15) is 14.4 Å². The van der Waals surface area contributed by atoms with Gasteiger partial charge in [0.2, 0.25) is 0 Å². The fraction of sp³-hybridized carbons (Fsp3) is 0.750. The van der Waals surface area contributed by atoms with Gasteiger partial charge in [0.25, 0.3) is 0 Å². The minimum absolute atomic E-state index is 0.0659. The Hall–Kier alpha value is -1.19. The molecule has 0 aromatic rings. The Balaban J connectivity index is 3.02. The van der Waals surface area contributed by atoms with Crippen molar-refractivity contribution in [2.45, 2.75) is 27.2 Å². The number of rotatable bonds is 2. The quantitative estimate of drug-likeness (QED) is 0.525. The van der Waals surface area contributed by atoms with Crippen LogP contribution >= 0.6 is 0 Å². The minimum Gasteiger partial charge on any atom is -0.468 e. The molecule has 16 heavy (non-hydrogen) atoms. The van der Waals surface area contributed by atoms with Crippen LogP contribution in [0.2, 0.25) is 0 Å². The zero-order valence-electron chi connectivity index (χ0n) is 10.1. The van der Waals surface area contributed by atoms with E-state index in [2.05, 4.69) is 4.74 Å². The van der Waals surface area contributed by atoms with Crippen LogP contribution in [0.5, 0.6) is 0 Å². The van der Waals surface area contributed by atoms with Crippen LogP contribution in [0.3, 0.4) is 0 Å². The Morgan fingerprint density at radius 3 is 2.38 bits per heavy atom. The SMILES string of the molecule is COC(=O)C1C(=O)C(C)C(=O)CC1C(C)C. The molecule has 0 heterocycles. The summed E-state index contributed by atoms with van der Waals surface area (Å²) < 4.78 is 4.65. The van der Waals surface area contributed by atoms with Gasteiger partial charge in [-0.25, -0.2) is 0 Å². The molecule has 0 N–H and O–H groups in total. The summed E-state index contributed by atoms with van der Waals surface area (Å²) in [5.74, 6) is -2.40. The Bertz CT molecular complexity index is 319. The highest BCUT2D eigenvalue weighted by Gasteiger charge is 2.46. The van der Waals surface area contributed by atoms with Crippen LogP contribution in [-0.4, -0.2) is 24.6 Å². The maximum Gasteiger partial charge on any atom is 0.316 e. The maximum absolute atomic E-state index is 11.9. The molecule has 0 amide bonds. The summed E-state index contributed by atoms with van der Waals surface area (Å²) >= 11 is 0. The first-order valence-corrected chi connectivity index (χ1v) is 5.54. The predicted octanol–water partition coefficient (Wildman–Crippen LogP) is 1.23. The molecule has 0 bridgehead atoms. The third-order valence-corrected chi connectivity index (χ3v) is 3.39. The number of ketones is 2. The first-order valence-electron chi connectivity index (χ1n) is 5.54. The lowest BCUT2D eigenvalue weighted by Gasteiger charge is -2.33. The van der Waals surface area contributed by atoms with Crippen molar-refractivity contribution in [3.8, 4) is 0 Å². The van der Waals surface area contributed by atoms with E-state index in [0.717, 1.165) is 0 Å². The Morgan fingerprint density at radius 1 is 1.38 bits per heavy atom. The second-order valence-corrected chi connectivity index (χ2v) is 4.70. The molecule has 1 saturated carbocycles. The summed E-state index contributed by atoms with van der Waals surface area (Å²) in [4.78, 5) is 35.1. The normalized spacial score (nSPS) is 30.7. The second kappa shape index (κ2) is 4.76. The molecular weight excluding hydrogens is 208 g/mol. The summed E-state index contributed by atoms with van der Waals surface area (Å²) in [6.07, 6.45) is 0.296. The molecule has 1 aliphatic rings.